The van der Waals surface area contributed by atoms with Crippen LogP contribution in [0.5, 0.6) is 0 Å². The van der Waals surface area contributed by atoms with Crippen LogP contribution in [0, 0.1) is 0 Å². The highest BCUT2D eigenvalue weighted by atomic mass is 32.2. The minimum absolute atomic E-state index is 0.586. The standard InChI is InChI=1S/C15H18N2S/c1-11(2)13-5-3-12(4-6-13)10-18-15-7-8-17-9-14(15)16/h3-9,11H,10,16H2,1-2H3. The molecule has 1 aromatic heterocycles. The van der Waals surface area contributed by atoms with Crippen molar-refractivity contribution >= 4 is 17.4 Å². The van der Waals surface area contributed by atoms with Gasteiger partial charge >= 0.3 is 0 Å². The van der Waals surface area contributed by atoms with E-state index in [0.717, 1.165) is 16.3 Å². The molecule has 0 saturated carbocycles. The Morgan fingerprint density at radius 2 is 1.89 bits per heavy atom. The van der Waals surface area contributed by atoms with Gasteiger partial charge in [0.1, 0.15) is 0 Å². The van der Waals surface area contributed by atoms with E-state index >= 15 is 0 Å². The molecular formula is C15H18N2S. The van der Waals surface area contributed by atoms with Gasteiger partial charge in [0.15, 0.2) is 0 Å². The lowest BCUT2D eigenvalue weighted by Crippen LogP contribution is -1.91. The van der Waals surface area contributed by atoms with Gasteiger partial charge in [0.2, 0.25) is 0 Å². The average molecular weight is 258 g/mol. The van der Waals surface area contributed by atoms with E-state index in [9.17, 15) is 0 Å². The molecule has 0 fully saturated rings. The Morgan fingerprint density at radius 3 is 2.50 bits per heavy atom. The van der Waals surface area contributed by atoms with Crippen LogP contribution in [0.25, 0.3) is 0 Å². The largest absolute Gasteiger partial charge is 0.397 e. The van der Waals surface area contributed by atoms with Gasteiger partial charge in [-0.2, -0.15) is 0 Å². The third-order valence-corrected chi connectivity index (χ3v) is 4.01. The molecule has 0 aliphatic carbocycles. The number of nitrogens with zero attached hydrogens (tertiary/aromatic N) is 1. The summed E-state index contributed by atoms with van der Waals surface area (Å²) in [6.07, 6.45) is 3.48. The normalized spacial score (nSPS) is 10.8. The van der Waals surface area contributed by atoms with Crippen LogP contribution in [0.15, 0.2) is 47.6 Å². The monoisotopic (exact) mass is 258 g/mol. The fourth-order valence-electron chi connectivity index (χ4n) is 1.69. The zero-order valence-corrected chi connectivity index (χ0v) is 11.6. The Labute approximate surface area is 113 Å². The van der Waals surface area contributed by atoms with Crippen molar-refractivity contribution in [2.45, 2.75) is 30.4 Å². The van der Waals surface area contributed by atoms with Crippen LogP contribution < -0.4 is 5.73 Å². The molecule has 18 heavy (non-hydrogen) atoms. The summed E-state index contributed by atoms with van der Waals surface area (Å²) in [7, 11) is 0. The smallest absolute Gasteiger partial charge is 0.0638 e. The third-order valence-electron chi connectivity index (χ3n) is 2.85. The van der Waals surface area contributed by atoms with Gasteiger partial charge < -0.3 is 5.73 Å². The summed E-state index contributed by atoms with van der Waals surface area (Å²) in [5.74, 6) is 1.52. The average Bonchev–Trinajstić information content (AvgIpc) is 2.38. The van der Waals surface area contributed by atoms with Gasteiger partial charge in [-0.25, -0.2) is 0 Å². The Kier molecular flexibility index (Phi) is 4.26. The maximum absolute atomic E-state index is 5.87. The summed E-state index contributed by atoms with van der Waals surface area (Å²) in [5.41, 5.74) is 9.32. The minimum atomic E-state index is 0.586. The molecule has 0 amide bonds. The molecule has 0 atom stereocenters. The molecule has 2 aromatic rings. The molecular weight excluding hydrogens is 240 g/mol. The van der Waals surface area contributed by atoms with E-state index in [1.54, 1.807) is 24.2 Å². The Morgan fingerprint density at radius 1 is 1.17 bits per heavy atom. The van der Waals surface area contributed by atoms with Crippen molar-refractivity contribution in [3.05, 3.63) is 53.9 Å². The van der Waals surface area contributed by atoms with Crippen LogP contribution in [0.1, 0.15) is 30.9 Å². The zero-order chi connectivity index (χ0) is 13.0. The van der Waals surface area contributed by atoms with E-state index in [1.165, 1.54) is 11.1 Å². The maximum Gasteiger partial charge on any atom is 0.0638 e. The molecule has 2 rings (SSSR count). The van der Waals surface area contributed by atoms with Crippen molar-refractivity contribution in [3.63, 3.8) is 0 Å². The predicted octanol–water partition coefficient (Wildman–Crippen LogP) is 4.08. The number of nitrogen functional groups attached to an aromatic ring is 1. The highest BCUT2D eigenvalue weighted by Gasteiger charge is 2.02. The van der Waals surface area contributed by atoms with Gasteiger partial charge in [-0.15, -0.1) is 11.8 Å². The number of aromatic nitrogens is 1. The number of hydrogen-bond donors (Lipinski definition) is 1. The number of thioether (sulfide) groups is 1. The lowest BCUT2D eigenvalue weighted by molar-refractivity contribution is 0.866. The first-order valence-electron chi connectivity index (χ1n) is 6.08. The molecule has 0 aliphatic heterocycles. The van der Waals surface area contributed by atoms with Crippen LogP contribution in [-0.2, 0) is 5.75 Å². The topological polar surface area (TPSA) is 38.9 Å². The summed E-state index contributed by atoms with van der Waals surface area (Å²) in [6.45, 7) is 4.42. The van der Waals surface area contributed by atoms with Crippen LogP contribution in [0.2, 0.25) is 0 Å². The Bertz CT molecular complexity index is 506. The quantitative estimate of drug-likeness (QED) is 0.840. The molecule has 1 heterocycles. The van der Waals surface area contributed by atoms with E-state index in [2.05, 4.69) is 43.1 Å². The van der Waals surface area contributed by atoms with Gasteiger partial charge in [-0.1, -0.05) is 38.1 Å². The molecule has 0 spiro atoms. The first kappa shape index (κ1) is 13.0. The molecule has 0 saturated heterocycles. The second-order valence-electron chi connectivity index (χ2n) is 4.60. The number of rotatable bonds is 4. The lowest BCUT2D eigenvalue weighted by atomic mass is 10.0. The van der Waals surface area contributed by atoms with Crippen molar-refractivity contribution in [3.8, 4) is 0 Å². The van der Waals surface area contributed by atoms with Crippen LogP contribution >= 0.6 is 11.8 Å². The van der Waals surface area contributed by atoms with Crippen molar-refractivity contribution in [1.29, 1.82) is 0 Å². The van der Waals surface area contributed by atoms with Gasteiger partial charge in [-0.05, 0) is 23.1 Å². The number of nitrogens with two attached hydrogens (primary N) is 1. The number of hydrogen-bond acceptors (Lipinski definition) is 3. The Hall–Kier alpha value is -1.48. The first-order chi connectivity index (χ1) is 8.66. The van der Waals surface area contributed by atoms with Gasteiger partial charge in [0.05, 0.1) is 11.9 Å². The van der Waals surface area contributed by atoms with Crippen LogP contribution in [0.3, 0.4) is 0 Å². The summed E-state index contributed by atoms with van der Waals surface area (Å²) in [6, 6.07) is 10.8. The van der Waals surface area contributed by atoms with Crippen molar-refractivity contribution < 1.29 is 0 Å². The van der Waals surface area contributed by atoms with E-state index in [0.29, 0.717) is 5.92 Å². The minimum Gasteiger partial charge on any atom is -0.397 e. The number of benzene rings is 1. The molecule has 0 unspecified atom stereocenters. The number of pyridine rings is 1. The fraction of sp³-hybridized carbons (Fsp3) is 0.267. The maximum atomic E-state index is 5.87. The highest BCUT2D eigenvalue weighted by molar-refractivity contribution is 7.98. The van der Waals surface area contributed by atoms with Crippen molar-refractivity contribution in [1.82, 2.24) is 4.98 Å². The third kappa shape index (κ3) is 3.26. The summed E-state index contributed by atoms with van der Waals surface area (Å²) in [4.78, 5) is 5.09. The molecule has 94 valence electrons. The van der Waals surface area contributed by atoms with Crippen molar-refractivity contribution in [2.75, 3.05) is 5.73 Å². The predicted molar refractivity (Wildman–Crippen MR) is 78.7 cm³/mol. The molecule has 2 N–H and O–H groups in total. The van der Waals surface area contributed by atoms with E-state index in [-0.39, 0.29) is 0 Å². The van der Waals surface area contributed by atoms with Crippen LogP contribution in [-0.4, -0.2) is 4.98 Å². The fourth-order valence-corrected chi connectivity index (χ4v) is 2.58. The second-order valence-corrected chi connectivity index (χ2v) is 5.62. The summed E-state index contributed by atoms with van der Waals surface area (Å²) in [5, 5.41) is 0. The summed E-state index contributed by atoms with van der Waals surface area (Å²) >= 11 is 1.75. The van der Waals surface area contributed by atoms with Gasteiger partial charge in [-0.3, -0.25) is 4.98 Å². The molecule has 2 nitrogen and oxygen atoms in total. The van der Waals surface area contributed by atoms with Gasteiger partial charge in [0.25, 0.3) is 0 Å². The SMILES string of the molecule is CC(C)c1ccc(CSc2ccncc2N)cc1. The summed E-state index contributed by atoms with van der Waals surface area (Å²) < 4.78 is 0. The van der Waals surface area contributed by atoms with Crippen molar-refractivity contribution in [2.24, 2.45) is 0 Å². The highest BCUT2D eigenvalue weighted by Crippen LogP contribution is 2.27. The lowest BCUT2D eigenvalue weighted by Gasteiger charge is -2.07. The molecule has 0 aliphatic rings. The zero-order valence-electron chi connectivity index (χ0n) is 10.8. The van der Waals surface area contributed by atoms with E-state index in [1.807, 2.05) is 6.07 Å². The van der Waals surface area contributed by atoms with Crippen LogP contribution in [0.4, 0.5) is 5.69 Å². The Balaban J connectivity index is 2.00. The van der Waals surface area contributed by atoms with Gasteiger partial charge in [0, 0.05) is 16.8 Å². The molecule has 0 radical (unpaired) electrons. The second kappa shape index (κ2) is 5.91. The molecule has 3 heteroatoms. The number of anilines is 1. The molecule has 0 bridgehead atoms. The first-order valence-corrected chi connectivity index (χ1v) is 7.06. The van der Waals surface area contributed by atoms with E-state index < -0.39 is 0 Å². The van der Waals surface area contributed by atoms with E-state index in [4.69, 9.17) is 5.73 Å². The molecule has 1 aromatic carbocycles.